The SMILES string of the molecule is COC(=O)c1ccc(Nc2ccc(NC(=O)COc3ccc(C)cc3)nn2)cc1. The number of methoxy groups -OCH3 is 1. The molecule has 3 aromatic rings. The molecular formula is C21H20N4O4. The van der Waals surface area contributed by atoms with Crippen LogP contribution < -0.4 is 15.4 Å². The molecule has 1 heterocycles. The molecule has 2 N–H and O–H groups in total. The summed E-state index contributed by atoms with van der Waals surface area (Å²) in [6.45, 7) is 1.85. The minimum absolute atomic E-state index is 0.128. The van der Waals surface area contributed by atoms with Crippen molar-refractivity contribution in [2.75, 3.05) is 24.4 Å². The van der Waals surface area contributed by atoms with Crippen molar-refractivity contribution in [1.82, 2.24) is 10.2 Å². The van der Waals surface area contributed by atoms with Crippen LogP contribution in [0.15, 0.2) is 60.7 Å². The van der Waals surface area contributed by atoms with Gasteiger partial charge in [0.15, 0.2) is 18.2 Å². The zero-order valence-electron chi connectivity index (χ0n) is 16.0. The van der Waals surface area contributed by atoms with E-state index in [1.165, 1.54) is 7.11 Å². The number of ether oxygens (including phenoxy) is 2. The van der Waals surface area contributed by atoms with E-state index in [9.17, 15) is 9.59 Å². The highest BCUT2D eigenvalue weighted by atomic mass is 16.5. The highest BCUT2D eigenvalue weighted by molar-refractivity contribution is 5.91. The minimum Gasteiger partial charge on any atom is -0.484 e. The largest absolute Gasteiger partial charge is 0.484 e. The first-order chi connectivity index (χ1) is 14.0. The van der Waals surface area contributed by atoms with Crippen LogP contribution in [0.4, 0.5) is 17.3 Å². The number of amides is 1. The topological polar surface area (TPSA) is 102 Å². The molecule has 148 valence electrons. The van der Waals surface area contributed by atoms with Crippen LogP contribution in [0.25, 0.3) is 0 Å². The molecule has 0 aliphatic heterocycles. The molecular weight excluding hydrogens is 372 g/mol. The van der Waals surface area contributed by atoms with Crippen molar-refractivity contribution < 1.29 is 19.1 Å². The van der Waals surface area contributed by atoms with Gasteiger partial charge in [-0.2, -0.15) is 0 Å². The van der Waals surface area contributed by atoms with E-state index in [4.69, 9.17) is 4.74 Å². The third-order valence-corrected chi connectivity index (χ3v) is 3.90. The normalized spacial score (nSPS) is 10.1. The van der Waals surface area contributed by atoms with Gasteiger partial charge in [-0.3, -0.25) is 4.79 Å². The zero-order valence-corrected chi connectivity index (χ0v) is 16.0. The molecule has 0 unspecified atom stereocenters. The van der Waals surface area contributed by atoms with Gasteiger partial charge in [0.2, 0.25) is 0 Å². The number of benzene rings is 2. The van der Waals surface area contributed by atoms with E-state index in [-0.39, 0.29) is 12.5 Å². The summed E-state index contributed by atoms with van der Waals surface area (Å²) in [7, 11) is 1.33. The van der Waals surface area contributed by atoms with Crippen LogP contribution in [0.2, 0.25) is 0 Å². The number of aryl methyl sites for hydroxylation is 1. The molecule has 8 heteroatoms. The molecule has 0 aliphatic rings. The zero-order chi connectivity index (χ0) is 20.6. The number of anilines is 3. The van der Waals surface area contributed by atoms with Gasteiger partial charge in [-0.25, -0.2) is 4.79 Å². The molecule has 0 saturated heterocycles. The Morgan fingerprint density at radius 2 is 1.55 bits per heavy atom. The molecule has 0 bridgehead atoms. The number of carbonyl (C=O) groups excluding carboxylic acids is 2. The van der Waals surface area contributed by atoms with E-state index in [0.717, 1.165) is 11.3 Å². The van der Waals surface area contributed by atoms with E-state index in [2.05, 4.69) is 25.6 Å². The van der Waals surface area contributed by atoms with Crippen molar-refractivity contribution in [3.05, 3.63) is 71.8 Å². The monoisotopic (exact) mass is 392 g/mol. The number of rotatable bonds is 7. The molecule has 2 aromatic carbocycles. The number of nitrogens with zero attached hydrogens (tertiary/aromatic N) is 2. The molecule has 29 heavy (non-hydrogen) atoms. The maximum atomic E-state index is 12.0. The van der Waals surface area contributed by atoms with Crippen LogP contribution in [-0.4, -0.2) is 35.8 Å². The average molecular weight is 392 g/mol. The summed E-state index contributed by atoms with van der Waals surface area (Å²) in [5.74, 6) is 0.690. The van der Waals surface area contributed by atoms with Gasteiger partial charge < -0.3 is 20.1 Å². The lowest BCUT2D eigenvalue weighted by molar-refractivity contribution is -0.118. The van der Waals surface area contributed by atoms with Gasteiger partial charge in [-0.05, 0) is 55.5 Å². The summed E-state index contributed by atoms with van der Waals surface area (Å²) in [5, 5.41) is 13.7. The third-order valence-electron chi connectivity index (χ3n) is 3.90. The lowest BCUT2D eigenvalue weighted by Crippen LogP contribution is -2.21. The number of hydrogen-bond acceptors (Lipinski definition) is 7. The minimum atomic E-state index is -0.400. The molecule has 0 radical (unpaired) electrons. The highest BCUT2D eigenvalue weighted by Crippen LogP contribution is 2.16. The van der Waals surface area contributed by atoms with Gasteiger partial charge in [-0.15, -0.1) is 10.2 Å². The quantitative estimate of drug-likeness (QED) is 0.595. The Labute approximate surface area is 167 Å². The molecule has 3 rings (SSSR count). The molecule has 0 aliphatic carbocycles. The van der Waals surface area contributed by atoms with E-state index in [1.54, 1.807) is 48.5 Å². The van der Waals surface area contributed by atoms with Gasteiger partial charge in [0.25, 0.3) is 5.91 Å². The van der Waals surface area contributed by atoms with Crippen molar-refractivity contribution in [3.63, 3.8) is 0 Å². The van der Waals surface area contributed by atoms with Crippen LogP contribution in [0.5, 0.6) is 5.75 Å². The van der Waals surface area contributed by atoms with Crippen molar-refractivity contribution in [3.8, 4) is 5.75 Å². The van der Waals surface area contributed by atoms with Gasteiger partial charge in [-0.1, -0.05) is 17.7 Å². The number of esters is 1. The standard InChI is InChI=1S/C21H20N4O4/c1-14-3-9-17(10-4-14)29-13-20(26)23-19-12-11-18(24-25-19)22-16-7-5-15(6-8-16)21(27)28-2/h3-12H,13H2,1-2H3,(H,22,24)(H,23,25,26). The lowest BCUT2D eigenvalue weighted by Gasteiger charge is -2.08. The Balaban J connectivity index is 1.51. The molecule has 0 fully saturated rings. The Hall–Kier alpha value is -3.94. The Morgan fingerprint density at radius 1 is 0.897 bits per heavy atom. The molecule has 8 nitrogen and oxygen atoms in total. The molecule has 1 amide bonds. The van der Waals surface area contributed by atoms with Crippen molar-refractivity contribution in [2.45, 2.75) is 6.92 Å². The van der Waals surface area contributed by atoms with Gasteiger partial charge >= 0.3 is 5.97 Å². The van der Waals surface area contributed by atoms with E-state index >= 15 is 0 Å². The smallest absolute Gasteiger partial charge is 0.337 e. The van der Waals surface area contributed by atoms with Crippen LogP contribution >= 0.6 is 0 Å². The average Bonchev–Trinajstić information content (AvgIpc) is 2.75. The first kappa shape index (κ1) is 19.8. The van der Waals surface area contributed by atoms with Crippen LogP contribution in [0, 0.1) is 6.92 Å². The second kappa shape index (κ2) is 9.32. The van der Waals surface area contributed by atoms with Crippen molar-refractivity contribution >= 4 is 29.2 Å². The van der Waals surface area contributed by atoms with Gasteiger partial charge in [0.05, 0.1) is 12.7 Å². The number of carbonyl (C=O) groups is 2. The number of aromatic nitrogens is 2. The van der Waals surface area contributed by atoms with Crippen LogP contribution in [0.1, 0.15) is 15.9 Å². The summed E-state index contributed by atoms with van der Waals surface area (Å²) >= 11 is 0. The fourth-order valence-electron chi connectivity index (χ4n) is 2.38. The first-order valence-corrected chi connectivity index (χ1v) is 8.82. The predicted molar refractivity (Wildman–Crippen MR) is 108 cm³/mol. The Morgan fingerprint density at radius 3 is 2.17 bits per heavy atom. The number of hydrogen-bond donors (Lipinski definition) is 2. The summed E-state index contributed by atoms with van der Waals surface area (Å²) in [5.41, 5.74) is 2.30. The highest BCUT2D eigenvalue weighted by Gasteiger charge is 2.07. The van der Waals surface area contributed by atoms with E-state index in [0.29, 0.717) is 22.9 Å². The molecule has 1 aromatic heterocycles. The van der Waals surface area contributed by atoms with Crippen molar-refractivity contribution in [2.24, 2.45) is 0 Å². The second-order valence-corrected chi connectivity index (χ2v) is 6.15. The van der Waals surface area contributed by atoms with Gasteiger partial charge in [0, 0.05) is 5.69 Å². The lowest BCUT2D eigenvalue weighted by atomic mass is 10.2. The summed E-state index contributed by atoms with van der Waals surface area (Å²) in [4.78, 5) is 23.4. The van der Waals surface area contributed by atoms with Gasteiger partial charge in [0.1, 0.15) is 5.75 Å². The van der Waals surface area contributed by atoms with Crippen LogP contribution in [0.3, 0.4) is 0 Å². The van der Waals surface area contributed by atoms with E-state index < -0.39 is 5.97 Å². The maximum Gasteiger partial charge on any atom is 0.337 e. The molecule has 0 saturated carbocycles. The molecule has 0 atom stereocenters. The number of nitrogens with one attached hydrogen (secondary N) is 2. The first-order valence-electron chi connectivity index (χ1n) is 8.82. The third kappa shape index (κ3) is 5.77. The van der Waals surface area contributed by atoms with Crippen LogP contribution in [-0.2, 0) is 9.53 Å². The summed E-state index contributed by atoms with van der Waals surface area (Å²) in [6.07, 6.45) is 0. The predicted octanol–water partition coefficient (Wildman–Crippen LogP) is 3.33. The fourth-order valence-corrected chi connectivity index (χ4v) is 2.38. The molecule has 0 spiro atoms. The second-order valence-electron chi connectivity index (χ2n) is 6.15. The maximum absolute atomic E-state index is 12.0. The van der Waals surface area contributed by atoms with E-state index in [1.807, 2.05) is 19.1 Å². The Bertz CT molecular complexity index is 971. The Kier molecular flexibility index (Phi) is 6.36. The summed E-state index contributed by atoms with van der Waals surface area (Å²) in [6, 6.07) is 17.5. The summed E-state index contributed by atoms with van der Waals surface area (Å²) < 4.78 is 10.1. The fraction of sp³-hybridized carbons (Fsp3) is 0.143. The van der Waals surface area contributed by atoms with Crippen molar-refractivity contribution in [1.29, 1.82) is 0 Å².